The first-order chi connectivity index (χ1) is 14.8. The number of carbonyl (C=O) groups is 2. The Morgan fingerprint density at radius 1 is 1.00 bits per heavy atom. The molecule has 166 valence electrons. The second-order valence-corrected chi connectivity index (χ2v) is 10.8. The van der Waals surface area contributed by atoms with E-state index in [9.17, 15) is 24.2 Å². The van der Waals surface area contributed by atoms with Crippen LogP contribution in [-0.4, -0.2) is 46.6 Å². The van der Waals surface area contributed by atoms with Gasteiger partial charge in [0.1, 0.15) is 6.16 Å². The van der Waals surface area contributed by atoms with Gasteiger partial charge in [-0.3, -0.25) is 9.36 Å². The minimum atomic E-state index is -3.67. The van der Waals surface area contributed by atoms with E-state index in [4.69, 9.17) is 0 Å². The van der Waals surface area contributed by atoms with E-state index in [1.165, 1.54) is 10.5 Å². The van der Waals surface area contributed by atoms with Crippen molar-refractivity contribution in [2.24, 2.45) is 5.92 Å². The van der Waals surface area contributed by atoms with Gasteiger partial charge < -0.3 is 19.7 Å². The molecule has 0 aromatic heterocycles. The van der Waals surface area contributed by atoms with Crippen molar-refractivity contribution in [1.29, 1.82) is 0 Å². The first-order valence-corrected chi connectivity index (χ1v) is 12.8. The number of aryl methyl sites for hydroxylation is 1. The van der Waals surface area contributed by atoms with Gasteiger partial charge in [0, 0.05) is 12.7 Å². The van der Waals surface area contributed by atoms with Gasteiger partial charge >= 0.3 is 18.9 Å². The van der Waals surface area contributed by atoms with Gasteiger partial charge in [-0.25, -0.2) is 0 Å². The Morgan fingerprint density at radius 3 is 2.19 bits per heavy atom. The third-order valence-electron chi connectivity index (χ3n) is 5.80. The minimum Gasteiger partial charge on any atom is -0.548 e. The van der Waals surface area contributed by atoms with Gasteiger partial charge in [0.15, 0.2) is 0 Å². The van der Waals surface area contributed by atoms with Crippen molar-refractivity contribution in [3.8, 4) is 0 Å². The average Bonchev–Trinajstić information content (AvgIpc) is 3.17. The number of likely N-dealkylation sites (tertiary alicyclic amines) is 1. The predicted molar refractivity (Wildman–Crippen MR) is 118 cm³/mol. The zero-order valence-corrected chi connectivity index (χ0v) is 19.5. The summed E-state index contributed by atoms with van der Waals surface area (Å²) in [5.74, 6) is -1.89. The van der Waals surface area contributed by atoms with E-state index in [0.717, 1.165) is 18.4 Å². The van der Waals surface area contributed by atoms with Crippen LogP contribution in [0.3, 0.4) is 0 Å². The van der Waals surface area contributed by atoms with E-state index in [2.05, 4.69) is 0 Å². The molecule has 6 nitrogen and oxygen atoms in total. The van der Waals surface area contributed by atoms with Crippen LogP contribution in [0.2, 0.25) is 0 Å². The van der Waals surface area contributed by atoms with Crippen LogP contribution in [0.15, 0.2) is 60.7 Å². The van der Waals surface area contributed by atoms with Crippen LogP contribution in [0.1, 0.15) is 30.4 Å². The zero-order chi connectivity index (χ0) is 22.3. The van der Waals surface area contributed by atoms with Gasteiger partial charge in [0.05, 0.1) is 12.0 Å². The van der Waals surface area contributed by atoms with Gasteiger partial charge in [-0.15, -0.1) is 0 Å². The van der Waals surface area contributed by atoms with Crippen LogP contribution in [0.25, 0.3) is 0 Å². The number of aliphatic carboxylic acids is 1. The Bertz CT molecular complexity index is 925. The van der Waals surface area contributed by atoms with E-state index in [0.29, 0.717) is 19.3 Å². The Kier molecular flexibility index (Phi) is 10.3. The molecule has 32 heavy (non-hydrogen) atoms. The standard InChI is InChI=1S/C24H30NO5P.Li/c26-23(18-31(29,30)14-8-7-11-19-9-3-1-4-10-19)25-17-21(16-22(25)24(27)28)15-20-12-5-2-6-13-20;/h1-6,9-10,12-13,21-22H,7-8,11,14-18H2,(H,27,28)(H,29,30);/q;+1/p-1/t21-,22-;/m0./s1. The van der Waals surface area contributed by atoms with E-state index in [-0.39, 0.29) is 37.5 Å². The van der Waals surface area contributed by atoms with Crippen molar-refractivity contribution in [3.63, 3.8) is 0 Å². The SMILES string of the molecule is O=C([O-])[C@@H]1C[C@H](Cc2ccccc2)CN1C(=O)CP(=O)(O)CCCCc1ccccc1.[Li+]. The van der Waals surface area contributed by atoms with Crippen LogP contribution in [0.4, 0.5) is 0 Å². The summed E-state index contributed by atoms with van der Waals surface area (Å²) in [7, 11) is -3.67. The second-order valence-electron chi connectivity index (χ2n) is 8.34. The number of unbranched alkanes of at least 4 members (excludes halogenated alkanes) is 1. The number of hydrogen-bond acceptors (Lipinski definition) is 4. The van der Waals surface area contributed by atoms with Crippen molar-refractivity contribution >= 4 is 19.2 Å². The summed E-state index contributed by atoms with van der Waals surface area (Å²) < 4.78 is 12.6. The molecule has 2 aromatic carbocycles. The van der Waals surface area contributed by atoms with Gasteiger partial charge in [-0.2, -0.15) is 0 Å². The monoisotopic (exact) mass is 449 g/mol. The summed E-state index contributed by atoms with van der Waals surface area (Å²) in [4.78, 5) is 35.9. The van der Waals surface area contributed by atoms with E-state index in [1.54, 1.807) is 0 Å². The van der Waals surface area contributed by atoms with Gasteiger partial charge in [0.25, 0.3) is 0 Å². The first kappa shape index (κ1) is 26.4. The Labute approximate surface area is 201 Å². The summed E-state index contributed by atoms with van der Waals surface area (Å²) in [5.41, 5.74) is 2.25. The van der Waals surface area contributed by atoms with Crippen molar-refractivity contribution in [2.75, 3.05) is 18.9 Å². The number of carboxylic acid groups (broad SMARTS) is 1. The summed E-state index contributed by atoms with van der Waals surface area (Å²) in [5, 5.41) is 11.6. The van der Waals surface area contributed by atoms with Crippen molar-refractivity contribution in [1.82, 2.24) is 4.90 Å². The Morgan fingerprint density at radius 2 is 1.59 bits per heavy atom. The molecular formula is C24H29LiNO5P. The number of carboxylic acids is 1. The third kappa shape index (κ3) is 7.94. The van der Waals surface area contributed by atoms with Crippen molar-refractivity contribution in [3.05, 3.63) is 71.8 Å². The number of rotatable bonds is 10. The van der Waals surface area contributed by atoms with E-state index >= 15 is 0 Å². The zero-order valence-electron chi connectivity index (χ0n) is 18.6. The van der Waals surface area contributed by atoms with Crippen molar-refractivity contribution < 1.29 is 43.0 Å². The molecule has 2 aromatic rings. The molecule has 0 radical (unpaired) electrons. The summed E-state index contributed by atoms with van der Waals surface area (Å²) in [6.07, 6.45) is 2.61. The molecule has 1 fully saturated rings. The normalized spacial score (nSPS) is 19.7. The van der Waals surface area contributed by atoms with Crippen molar-refractivity contribution in [2.45, 2.75) is 38.1 Å². The molecule has 8 heteroatoms. The average molecular weight is 449 g/mol. The molecule has 3 rings (SSSR count). The molecular weight excluding hydrogens is 420 g/mol. The molecule has 1 aliphatic rings. The van der Waals surface area contributed by atoms with Crippen LogP contribution in [-0.2, 0) is 27.0 Å². The number of nitrogens with zero attached hydrogens (tertiary/aromatic N) is 1. The molecule has 0 aliphatic carbocycles. The first-order valence-electron chi connectivity index (χ1n) is 10.7. The second kappa shape index (κ2) is 12.4. The largest absolute Gasteiger partial charge is 1.00 e. The maximum Gasteiger partial charge on any atom is 1.00 e. The Balaban J connectivity index is 0.00000363. The smallest absolute Gasteiger partial charge is 0.548 e. The molecule has 1 amide bonds. The number of benzene rings is 2. The summed E-state index contributed by atoms with van der Waals surface area (Å²) in [6.45, 7) is 0.264. The third-order valence-corrected chi connectivity index (χ3v) is 7.58. The van der Waals surface area contributed by atoms with Crippen LogP contribution in [0.5, 0.6) is 0 Å². The van der Waals surface area contributed by atoms with Crippen LogP contribution < -0.4 is 24.0 Å². The maximum absolute atomic E-state index is 12.7. The molecule has 3 atom stereocenters. The fourth-order valence-corrected chi connectivity index (χ4v) is 5.71. The topological polar surface area (TPSA) is 97.7 Å². The van der Waals surface area contributed by atoms with Crippen LogP contribution >= 0.6 is 7.37 Å². The molecule has 1 N–H and O–H groups in total. The van der Waals surface area contributed by atoms with E-state index < -0.39 is 31.4 Å². The van der Waals surface area contributed by atoms with Gasteiger partial charge in [0.2, 0.25) is 13.3 Å². The molecule has 1 saturated heterocycles. The molecule has 1 unspecified atom stereocenters. The molecule has 0 spiro atoms. The number of amides is 1. The predicted octanol–water partition coefficient (Wildman–Crippen LogP) is -0.507. The Hall–Kier alpha value is -1.83. The molecule has 0 saturated carbocycles. The molecule has 1 aliphatic heterocycles. The van der Waals surface area contributed by atoms with E-state index in [1.807, 2.05) is 60.7 Å². The molecule has 0 bridgehead atoms. The molecule has 1 heterocycles. The van der Waals surface area contributed by atoms with Gasteiger partial charge in [-0.1, -0.05) is 60.7 Å². The fourth-order valence-electron chi connectivity index (χ4n) is 4.23. The quantitative estimate of drug-likeness (QED) is 0.300. The fraction of sp³-hybridized carbons (Fsp3) is 0.417. The van der Waals surface area contributed by atoms with Gasteiger partial charge in [-0.05, 0) is 49.1 Å². The number of hydrogen-bond donors (Lipinski definition) is 1. The summed E-state index contributed by atoms with van der Waals surface area (Å²) >= 11 is 0. The maximum atomic E-state index is 12.7. The summed E-state index contributed by atoms with van der Waals surface area (Å²) in [6, 6.07) is 18.5. The van der Waals surface area contributed by atoms with Crippen LogP contribution in [0, 0.1) is 5.92 Å². The minimum absolute atomic E-state index is 0. The number of carbonyl (C=O) groups excluding carboxylic acids is 2.